The Morgan fingerprint density at radius 3 is 2.53 bits per heavy atom. The summed E-state index contributed by atoms with van der Waals surface area (Å²) in [5, 5.41) is 2.94. The number of carbonyl (C=O) groups excluding carboxylic acids is 1. The number of aromatic nitrogens is 3. The molecule has 11 heteroatoms. The van der Waals surface area contributed by atoms with E-state index in [-0.39, 0.29) is 0 Å². The van der Waals surface area contributed by atoms with Crippen molar-refractivity contribution in [1.82, 2.24) is 24.8 Å². The topological polar surface area (TPSA) is 117 Å². The second-order valence-electron chi connectivity index (χ2n) is 9.22. The number of piperazine rings is 1. The monoisotopic (exact) mass is 520 g/mol. The first-order valence-corrected chi connectivity index (χ1v) is 13.8. The van der Waals surface area contributed by atoms with Crippen LogP contribution in [0.2, 0.25) is 0 Å². The molecule has 0 atom stereocenters. The van der Waals surface area contributed by atoms with Gasteiger partial charge in [0, 0.05) is 74.0 Å². The average molecular weight is 521 g/mol. The Kier molecular flexibility index (Phi) is 6.30. The molecule has 0 aromatic carbocycles. The SMILES string of the molecule is NC(=O)c1sc2nc3c(c(-c4cccs4)c2c1N)CN(CCCN1CCN(c2ncccn2)CC1)C3. The number of pyridine rings is 1. The molecule has 6 heterocycles. The van der Waals surface area contributed by atoms with E-state index in [4.69, 9.17) is 16.5 Å². The molecule has 9 nitrogen and oxygen atoms in total. The van der Waals surface area contributed by atoms with E-state index >= 15 is 0 Å². The van der Waals surface area contributed by atoms with Crippen LogP contribution in [0.25, 0.3) is 20.7 Å². The van der Waals surface area contributed by atoms with Gasteiger partial charge in [-0.3, -0.25) is 14.6 Å². The number of hydrogen-bond donors (Lipinski definition) is 2. The molecule has 1 saturated heterocycles. The molecule has 186 valence electrons. The first-order valence-electron chi connectivity index (χ1n) is 12.1. The number of amides is 1. The lowest BCUT2D eigenvalue weighted by Crippen LogP contribution is -2.47. The summed E-state index contributed by atoms with van der Waals surface area (Å²) in [7, 11) is 0. The Morgan fingerprint density at radius 1 is 1.03 bits per heavy atom. The number of nitrogens with two attached hydrogens (primary N) is 2. The van der Waals surface area contributed by atoms with E-state index < -0.39 is 5.91 Å². The van der Waals surface area contributed by atoms with Crippen molar-refractivity contribution < 1.29 is 4.79 Å². The van der Waals surface area contributed by atoms with Crippen molar-refractivity contribution in [1.29, 1.82) is 0 Å². The van der Waals surface area contributed by atoms with Crippen molar-refractivity contribution in [2.24, 2.45) is 5.73 Å². The molecular formula is C25H28N8OS2. The van der Waals surface area contributed by atoms with Crippen molar-refractivity contribution in [2.45, 2.75) is 19.5 Å². The highest BCUT2D eigenvalue weighted by Gasteiger charge is 2.29. The third-order valence-corrected chi connectivity index (χ3v) is 8.97. The van der Waals surface area contributed by atoms with Crippen molar-refractivity contribution in [3.8, 4) is 10.4 Å². The van der Waals surface area contributed by atoms with E-state index in [9.17, 15) is 4.79 Å². The third-order valence-electron chi connectivity index (χ3n) is 6.97. The van der Waals surface area contributed by atoms with E-state index in [2.05, 4.69) is 36.1 Å². The second-order valence-corrected chi connectivity index (χ2v) is 11.2. The molecule has 0 saturated carbocycles. The van der Waals surface area contributed by atoms with Crippen LogP contribution in [0.5, 0.6) is 0 Å². The maximum absolute atomic E-state index is 11.9. The maximum atomic E-state index is 11.9. The fourth-order valence-electron chi connectivity index (χ4n) is 5.21. The van der Waals surface area contributed by atoms with Gasteiger partial charge in [-0.1, -0.05) is 6.07 Å². The number of nitrogen functional groups attached to an aromatic ring is 1. The molecule has 2 aliphatic heterocycles. The summed E-state index contributed by atoms with van der Waals surface area (Å²) in [6.45, 7) is 7.71. The van der Waals surface area contributed by atoms with E-state index in [1.54, 1.807) is 23.7 Å². The number of hydrogen-bond acceptors (Lipinski definition) is 10. The zero-order valence-electron chi connectivity index (χ0n) is 19.9. The normalized spacial score (nSPS) is 16.6. The van der Waals surface area contributed by atoms with Gasteiger partial charge in [0.25, 0.3) is 5.91 Å². The van der Waals surface area contributed by atoms with Gasteiger partial charge in [-0.25, -0.2) is 15.0 Å². The van der Waals surface area contributed by atoms with Gasteiger partial charge < -0.3 is 16.4 Å². The minimum atomic E-state index is -0.494. The van der Waals surface area contributed by atoms with Crippen LogP contribution in [-0.2, 0) is 13.1 Å². The van der Waals surface area contributed by atoms with Gasteiger partial charge in [0.2, 0.25) is 5.95 Å². The van der Waals surface area contributed by atoms with Gasteiger partial charge in [0.05, 0.1) is 11.4 Å². The van der Waals surface area contributed by atoms with Crippen molar-refractivity contribution in [3.63, 3.8) is 0 Å². The number of thiophene rings is 2. The molecule has 2 aliphatic rings. The lowest BCUT2D eigenvalue weighted by atomic mass is 10.0. The predicted molar refractivity (Wildman–Crippen MR) is 145 cm³/mol. The lowest BCUT2D eigenvalue weighted by molar-refractivity contribution is 0.100. The van der Waals surface area contributed by atoms with Crippen molar-refractivity contribution >= 4 is 50.4 Å². The summed E-state index contributed by atoms with van der Waals surface area (Å²) < 4.78 is 0. The summed E-state index contributed by atoms with van der Waals surface area (Å²) >= 11 is 2.99. The molecule has 4 aromatic rings. The maximum Gasteiger partial charge on any atom is 0.260 e. The Bertz CT molecular complexity index is 1380. The Labute approximate surface area is 217 Å². The highest BCUT2D eigenvalue weighted by molar-refractivity contribution is 7.21. The zero-order chi connectivity index (χ0) is 24.6. The van der Waals surface area contributed by atoms with Gasteiger partial charge in [0.15, 0.2) is 0 Å². The predicted octanol–water partition coefficient (Wildman–Crippen LogP) is 3.02. The minimum Gasteiger partial charge on any atom is -0.397 e. The smallest absolute Gasteiger partial charge is 0.260 e. The Hall–Kier alpha value is -3.12. The molecule has 0 unspecified atom stereocenters. The van der Waals surface area contributed by atoms with Gasteiger partial charge >= 0.3 is 0 Å². The summed E-state index contributed by atoms with van der Waals surface area (Å²) in [5.74, 6) is 0.330. The molecule has 6 rings (SSSR count). The van der Waals surface area contributed by atoms with Crippen LogP contribution in [0.3, 0.4) is 0 Å². The highest BCUT2D eigenvalue weighted by atomic mass is 32.1. The van der Waals surface area contributed by atoms with E-state index in [0.717, 1.165) is 91.1 Å². The number of rotatable bonds is 7. The summed E-state index contributed by atoms with van der Waals surface area (Å²) in [4.78, 5) is 35.2. The van der Waals surface area contributed by atoms with Crippen molar-refractivity contribution in [3.05, 3.63) is 52.1 Å². The number of fused-ring (bicyclic) bond motifs is 2. The van der Waals surface area contributed by atoms with Crippen LogP contribution >= 0.6 is 22.7 Å². The fraction of sp³-hybridized carbons (Fsp3) is 0.360. The molecular weight excluding hydrogens is 492 g/mol. The number of carbonyl (C=O) groups is 1. The molecule has 4 aromatic heterocycles. The number of nitrogens with zero attached hydrogens (tertiary/aromatic N) is 6. The van der Waals surface area contributed by atoms with Crippen LogP contribution in [0.4, 0.5) is 11.6 Å². The van der Waals surface area contributed by atoms with Crippen LogP contribution in [0.15, 0.2) is 36.0 Å². The zero-order valence-corrected chi connectivity index (χ0v) is 21.5. The van der Waals surface area contributed by atoms with Crippen LogP contribution in [-0.4, -0.2) is 69.9 Å². The summed E-state index contributed by atoms with van der Waals surface area (Å²) in [6.07, 6.45) is 4.71. The second kappa shape index (κ2) is 9.74. The van der Waals surface area contributed by atoms with Gasteiger partial charge in [-0.15, -0.1) is 22.7 Å². The molecule has 1 amide bonds. The van der Waals surface area contributed by atoms with Gasteiger partial charge in [-0.2, -0.15) is 0 Å². The molecule has 0 spiro atoms. The minimum absolute atomic E-state index is 0.398. The molecule has 36 heavy (non-hydrogen) atoms. The van der Waals surface area contributed by atoms with Gasteiger partial charge in [-0.05, 0) is 36.0 Å². The molecule has 0 bridgehead atoms. The Morgan fingerprint density at radius 2 is 1.81 bits per heavy atom. The average Bonchev–Trinajstić information content (AvgIpc) is 3.63. The summed E-state index contributed by atoms with van der Waals surface area (Å²) in [5.41, 5.74) is 15.9. The molecule has 1 fully saturated rings. The standard InChI is InChI=1S/C25H28N8OS2/c26-21-20-19(18-4-1-13-35-18)16-14-32(15-17(16)30-24(20)36-22(21)23(27)34)8-3-7-31-9-11-33(12-10-31)25-28-5-2-6-29-25/h1-2,4-6,13H,3,7-12,14-15,26H2,(H2,27,34). The summed E-state index contributed by atoms with van der Waals surface area (Å²) in [6, 6.07) is 6.02. The number of anilines is 2. The number of primary amides is 1. The van der Waals surface area contributed by atoms with Crippen molar-refractivity contribution in [2.75, 3.05) is 49.9 Å². The van der Waals surface area contributed by atoms with Crippen LogP contribution in [0, 0.1) is 0 Å². The highest BCUT2D eigenvalue weighted by Crippen LogP contribution is 2.45. The van der Waals surface area contributed by atoms with Crippen LogP contribution < -0.4 is 16.4 Å². The fourth-order valence-corrected chi connectivity index (χ4v) is 6.99. The first kappa shape index (κ1) is 23.3. The molecule has 0 radical (unpaired) electrons. The first-order chi connectivity index (χ1) is 17.6. The molecule has 4 N–H and O–H groups in total. The Balaban J connectivity index is 1.13. The third kappa shape index (κ3) is 4.32. The van der Waals surface area contributed by atoms with E-state index in [0.29, 0.717) is 10.6 Å². The molecule has 0 aliphatic carbocycles. The quantitative estimate of drug-likeness (QED) is 0.382. The van der Waals surface area contributed by atoms with E-state index in [1.165, 1.54) is 16.9 Å². The van der Waals surface area contributed by atoms with Crippen LogP contribution in [0.1, 0.15) is 27.3 Å². The van der Waals surface area contributed by atoms with Gasteiger partial charge in [0.1, 0.15) is 9.71 Å². The lowest BCUT2D eigenvalue weighted by Gasteiger charge is -2.34. The van der Waals surface area contributed by atoms with E-state index in [1.807, 2.05) is 12.1 Å². The largest absolute Gasteiger partial charge is 0.397 e.